The van der Waals surface area contributed by atoms with E-state index < -0.39 is 11.6 Å². The van der Waals surface area contributed by atoms with Crippen molar-refractivity contribution in [3.63, 3.8) is 0 Å². The molecule has 0 fully saturated rings. The highest BCUT2D eigenvalue weighted by Gasteiger charge is 2.31. The second-order valence-electron chi connectivity index (χ2n) is 4.79. The third kappa shape index (κ3) is 1.88. The minimum atomic E-state index is -1.46. The van der Waals surface area contributed by atoms with E-state index in [1.54, 1.807) is 13.0 Å². The van der Waals surface area contributed by atoms with Gasteiger partial charge >= 0.3 is 0 Å². The van der Waals surface area contributed by atoms with Crippen molar-refractivity contribution in [3.05, 3.63) is 23.5 Å². The largest absolute Gasteiger partial charge is 0.367 e. The van der Waals surface area contributed by atoms with Crippen LogP contribution in [0.1, 0.15) is 37.9 Å². The number of anilines is 1. The number of hydrogen-bond acceptors (Lipinski definition) is 4. The van der Waals surface area contributed by atoms with Gasteiger partial charge in [-0.15, -0.1) is 5.10 Å². The van der Waals surface area contributed by atoms with Gasteiger partial charge < -0.3 is 5.73 Å². The maximum absolute atomic E-state index is 14.1. The summed E-state index contributed by atoms with van der Waals surface area (Å²) in [6.07, 6.45) is 1.52. The molecule has 0 bridgehead atoms. The number of hydrogen-bond donors (Lipinski definition) is 1. The summed E-state index contributed by atoms with van der Waals surface area (Å²) in [5.41, 5.74) is 5.62. The van der Waals surface area contributed by atoms with E-state index in [1.165, 1.54) is 24.6 Å². The molecule has 0 aromatic carbocycles. The van der Waals surface area contributed by atoms with Gasteiger partial charge in [0.1, 0.15) is 11.7 Å². The lowest BCUT2D eigenvalue weighted by Crippen LogP contribution is -2.23. The molecule has 0 spiro atoms. The number of nitrogen functional groups attached to an aromatic ring is 1. The van der Waals surface area contributed by atoms with Gasteiger partial charge in [0.15, 0.2) is 0 Å². The van der Waals surface area contributed by atoms with E-state index >= 15 is 0 Å². The fraction of sp³-hybridized carbons (Fsp3) is 0.417. The topological polar surface area (TPSA) is 80.0 Å². The van der Waals surface area contributed by atoms with Crippen molar-refractivity contribution in [2.45, 2.75) is 32.4 Å². The Kier molecular flexibility index (Phi) is 2.70. The first-order chi connectivity index (χ1) is 8.34. The van der Waals surface area contributed by atoms with Gasteiger partial charge in [-0.3, -0.25) is 0 Å². The predicted molar refractivity (Wildman–Crippen MR) is 65.7 cm³/mol. The fourth-order valence-corrected chi connectivity index (χ4v) is 1.83. The summed E-state index contributed by atoms with van der Waals surface area (Å²) < 4.78 is 15.6. The van der Waals surface area contributed by atoms with Crippen LogP contribution in [0.5, 0.6) is 0 Å². The predicted octanol–water partition coefficient (Wildman–Crippen LogP) is 2.03. The van der Waals surface area contributed by atoms with Crippen molar-refractivity contribution in [3.8, 4) is 6.07 Å². The van der Waals surface area contributed by atoms with Gasteiger partial charge in [0.05, 0.1) is 23.0 Å². The molecule has 0 aliphatic heterocycles. The number of alkyl halides is 1. The minimum Gasteiger partial charge on any atom is -0.367 e. The molecule has 1 atom stereocenters. The highest BCUT2D eigenvalue weighted by atomic mass is 19.1. The van der Waals surface area contributed by atoms with E-state index in [0.717, 1.165) is 0 Å². The zero-order chi connectivity index (χ0) is 13.5. The molecule has 2 N–H and O–H groups in total. The van der Waals surface area contributed by atoms with E-state index in [4.69, 9.17) is 11.0 Å². The molecule has 1 unspecified atom stereocenters. The normalized spacial score (nSPS) is 13.5. The fourth-order valence-electron chi connectivity index (χ4n) is 1.83. The number of fused-ring (bicyclic) bond motifs is 1. The van der Waals surface area contributed by atoms with Gasteiger partial charge in [0.25, 0.3) is 0 Å². The average Bonchev–Trinajstić information content (AvgIpc) is 2.64. The first kappa shape index (κ1) is 12.3. The second-order valence-corrected chi connectivity index (χ2v) is 4.79. The molecule has 0 saturated heterocycles. The molecular formula is C12H14FN5. The third-order valence-electron chi connectivity index (χ3n) is 3.13. The van der Waals surface area contributed by atoms with Gasteiger partial charge in [-0.2, -0.15) is 5.26 Å². The van der Waals surface area contributed by atoms with Crippen molar-refractivity contribution in [1.82, 2.24) is 14.6 Å². The van der Waals surface area contributed by atoms with Gasteiger partial charge in [0.2, 0.25) is 5.95 Å². The van der Waals surface area contributed by atoms with Crippen LogP contribution < -0.4 is 5.73 Å². The summed E-state index contributed by atoms with van der Waals surface area (Å²) >= 11 is 0. The van der Waals surface area contributed by atoms with Crippen LogP contribution >= 0.6 is 0 Å². The van der Waals surface area contributed by atoms with Crippen LogP contribution in [0.25, 0.3) is 5.52 Å². The van der Waals surface area contributed by atoms with Crippen LogP contribution in [-0.4, -0.2) is 20.3 Å². The number of nitrogens with zero attached hydrogens (tertiary/aromatic N) is 4. The van der Waals surface area contributed by atoms with E-state index in [1.807, 2.05) is 0 Å². The molecule has 5 nitrogen and oxygen atoms in total. The molecule has 2 aromatic rings. The summed E-state index contributed by atoms with van der Waals surface area (Å²) in [4.78, 5) is 3.86. The standard InChI is InChI=1S/C12H14FN5/c1-7(12(2,3)13)10-8(5-14)4-9-6-16-11(15)17-18(9)10/h4,6-7H,1-3H3,(H2,15,17). The van der Waals surface area contributed by atoms with Crippen LogP contribution in [0.2, 0.25) is 0 Å². The monoisotopic (exact) mass is 247 g/mol. The van der Waals surface area contributed by atoms with Gasteiger partial charge in [-0.1, -0.05) is 6.92 Å². The van der Waals surface area contributed by atoms with E-state index in [-0.39, 0.29) is 5.95 Å². The summed E-state index contributed by atoms with van der Waals surface area (Å²) in [6, 6.07) is 3.70. The molecule has 2 rings (SSSR count). The van der Waals surface area contributed by atoms with Crippen molar-refractivity contribution < 1.29 is 4.39 Å². The zero-order valence-corrected chi connectivity index (χ0v) is 10.5. The van der Waals surface area contributed by atoms with Crippen molar-refractivity contribution in [2.24, 2.45) is 0 Å². The van der Waals surface area contributed by atoms with Crippen molar-refractivity contribution >= 4 is 11.5 Å². The molecule has 2 heterocycles. The summed E-state index contributed by atoms with van der Waals surface area (Å²) in [6.45, 7) is 4.67. The first-order valence-corrected chi connectivity index (χ1v) is 5.57. The van der Waals surface area contributed by atoms with Crippen LogP contribution in [-0.2, 0) is 0 Å². The maximum atomic E-state index is 14.1. The maximum Gasteiger partial charge on any atom is 0.238 e. The van der Waals surface area contributed by atoms with Gasteiger partial charge in [0, 0.05) is 5.92 Å². The summed E-state index contributed by atoms with van der Waals surface area (Å²) in [5.74, 6) is -0.392. The number of halogens is 1. The number of rotatable bonds is 2. The highest BCUT2D eigenvalue weighted by molar-refractivity contribution is 5.56. The van der Waals surface area contributed by atoms with Crippen molar-refractivity contribution in [1.29, 1.82) is 5.26 Å². The summed E-state index contributed by atoms with van der Waals surface area (Å²) in [7, 11) is 0. The Bertz CT molecular complexity index is 632. The smallest absolute Gasteiger partial charge is 0.238 e. The van der Waals surface area contributed by atoms with Crippen LogP contribution in [0, 0.1) is 11.3 Å². The minimum absolute atomic E-state index is 0.0905. The molecule has 0 aliphatic rings. The molecule has 18 heavy (non-hydrogen) atoms. The molecular weight excluding hydrogens is 233 g/mol. The number of aromatic nitrogens is 3. The van der Waals surface area contributed by atoms with Crippen molar-refractivity contribution in [2.75, 3.05) is 5.73 Å². The Hall–Kier alpha value is -2.16. The lowest BCUT2D eigenvalue weighted by molar-refractivity contribution is 0.177. The quantitative estimate of drug-likeness (QED) is 0.880. The Morgan fingerprint density at radius 1 is 1.56 bits per heavy atom. The molecule has 0 saturated carbocycles. The Morgan fingerprint density at radius 3 is 2.78 bits per heavy atom. The molecule has 0 radical (unpaired) electrons. The average molecular weight is 247 g/mol. The number of nitriles is 1. The summed E-state index contributed by atoms with van der Waals surface area (Å²) in [5, 5.41) is 13.2. The second kappa shape index (κ2) is 3.95. The number of nitrogens with two attached hydrogens (primary N) is 1. The molecule has 94 valence electrons. The SMILES string of the molecule is CC(c1c(C#N)cc2cnc(N)nn12)C(C)(C)F. The molecule has 6 heteroatoms. The van der Waals surface area contributed by atoms with Crippen LogP contribution in [0.3, 0.4) is 0 Å². The molecule has 2 aromatic heterocycles. The lowest BCUT2D eigenvalue weighted by Gasteiger charge is -2.23. The zero-order valence-electron chi connectivity index (χ0n) is 10.5. The third-order valence-corrected chi connectivity index (χ3v) is 3.13. The van der Waals surface area contributed by atoms with Crippen LogP contribution in [0.4, 0.5) is 10.3 Å². The van der Waals surface area contributed by atoms with Crippen LogP contribution in [0.15, 0.2) is 12.3 Å². The Labute approximate surface area is 104 Å². The van der Waals surface area contributed by atoms with Gasteiger partial charge in [-0.05, 0) is 19.9 Å². The Morgan fingerprint density at radius 2 is 2.22 bits per heavy atom. The van der Waals surface area contributed by atoms with E-state index in [0.29, 0.717) is 16.8 Å². The molecule has 0 aliphatic carbocycles. The van der Waals surface area contributed by atoms with E-state index in [9.17, 15) is 4.39 Å². The first-order valence-electron chi connectivity index (χ1n) is 5.57. The Balaban J connectivity index is 2.75. The van der Waals surface area contributed by atoms with E-state index in [2.05, 4.69) is 16.2 Å². The lowest BCUT2D eigenvalue weighted by atomic mass is 9.90. The highest BCUT2D eigenvalue weighted by Crippen LogP contribution is 2.33. The van der Waals surface area contributed by atoms with Gasteiger partial charge in [-0.25, -0.2) is 13.9 Å². The molecule has 0 amide bonds.